The highest BCUT2D eigenvalue weighted by Crippen LogP contribution is 2.22. The maximum absolute atomic E-state index is 12.4. The number of nitrogens with one attached hydrogen (secondary N) is 1. The van der Waals surface area contributed by atoms with Crippen molar-refractivity contribution in [1.29, 1.82) is 0 Å². The molecule has 2 unspecified atom stereocenters. The lowest BCUT2D eigenvalue weighted by Crippen LogP contribution is -2.57. The summed E-state index contributed by atoms with van der Waals surface area (Å²) in [6, 6.07) is 10.5. The lowest BCUT2D eigenvalue weighted by molar-refractivity contribution is -0.140. The van der Waals surface area contributed by atoms with Crippen molar-refractivity contribution in [3.05, 3.63) is 35.9 Å². The Balaban J connectivity index is 1.91. The van der Waals surface area contributed by atoms with Crippen molar-refractivity contribution in [2.45, 2.75) is 44.4 Å². The van der Waals surface area contributed by atoms with Gasteiger partial charge in [0.15, 0.2) is 0 Å². The molecule has 0 amide bonds. The molecule has 5 heteroatoms. The van der Waals surface area contributed by atoms with Crippen molar-refractivity contribution in [2.75, 3.05) is 19.6 Å². The summed E-state index contributed by atoms with van der Waals surface area (Å²) in [6.07, 6.45) is -3.05. The van der Waals surface area contributed by atoms with Crippen LogP contribution in [0.4, 0.5) is 13.2 Å². The zero-order valence-corrected chi connectivity index (χ0v) is 12.4. The summed E-state index contributed by atoms with van der Waals surface area (Å²) < 4.78 is 37.3. The molecule has 2 rings (SSSR count). The Kier molecular flexibility index (Phi) is 5.65. The Morgan fingerprint density at radius 3 is 2.57 bits per heavy atom. The second-order valence-corrected chi connectivity index (χ2v) is 5.72. The Labute approximate surface area is 124 Å². The van der Waals surface area contributed by atoms with Crippen molar-refractivity contribution in [1.82, 2.24) is 10.2 Å². The topological polar surface area (TPSA) is 15.3 Å². The van der Waals surface area contributed by atoms with E-state index in [0.717, 1.165) is 19.4 Å². The fourth-order valence-corrected chi connectivity index (χ4v) is 2.91. The van der Waals surface area contributed by atoms with Crippen molar-refractivity contribution in [3.63, 3.8) is 0 Å². The van der Waals surface area contributed by atoms with E-state index in [1.807, 2.05) is 30.0 Å². The molecule has 0 saturated carbocycles. The van der Waals surface area contributed by atoms with Gasteiger partial charge in [0.1, 0.15) is 0 Å². The van der Waals surface area contributed by atoms with E-state index >= 15 is 0 Å². The number of hydrogen-bond acceptors (Lipinski definition) is 2. The summed E-state index contributed by atoms with van der Waals surface area (Å²) in [5.41, 5.74) is 1.22. The molecule has 1 aromatic rings. The Morgan fingerprint density at radius 2 is 1.95 bits per heavy atom. The molecule has 0 bridgehead atoms. The van der Waals surface area contributed by atoms with E-state index < -0.39 is 12.6 Å². The largest absolute Gasteiger partial charge is 0.390 e. The third-order valence-electron chi connectivity index (χ3n) is 4.09. The number of hydrogen-bond donors (Lipinski definition) is 1. The average Bonchev–Trinajstić information content (AvgIpc) is 2.46. The quantitative estimate of drug-likeness (QED) is 0.898. The van der Waals surface area contributed by atoms with Crippen molar-refractivity contribution in [2.24, 2.45) is 0 Å². The number of rotatable bonds is 5. The van der Waals surface area contributed by atoms with E-state index in [0.29, 0.717) is 6.54 Å². The molecule has 1 saturated heterocycles. The molecule has 118 valence electrons. The van der Waals surface area contributed by atoms with Crippen LogP contribution in [0.3, 0.4) is 0 Å². The highest BCUT2D eigenvalue weighted by molar-refractivity contribution is 5.16. The van der Waals surface area contributed by atoms with Gasteiger partial charge in [-0.25, -0.2) is 0 Å². The second-order valence-electron chi connectivity index (χ2n) is 5.72. The third-order valence-corrected chi connectivity index (χ3v) is 4.09. The van der Waals surface area contributed by atoms with Crippen LogP contribution in [0.15, 0.2) is 30.3 Å². The van der Waals surface area contributed by atoms with E-state index in [4.69, 9.17) is 0 Å². The maximum atomic E-state index is 12.4. The number of nitrogens with zero attached hydrogens (tertiary/aromatic N) is 1. The van der Waals surface area contributed by atoms with Crippen LogP contribution in [-0.2, 0) is 6.42 Å². The van der Waals surface area contributed by atoms with Gasteiger partial charge in [-0.2, -0.15) is 13.2 Å². The van der Waals surface area contributed by atoms with Crippen LogP contribution in [0, 0.1) is 0 Å². The second kappa shape index (κ2) is 7.27. The fourth-order valence-electron chi connectivity index (χ4n) is 2.91. The lowest BCUT2D eigenvalue weighted by Gasteiger charge is -2.40. The first kappa shape index (κ1) is 16.3. The SMILES string of the molecule is CCC1CNC(Cc2ccccc2)CN1CCC(F)(F)F. The first-order valence-electron chi connectivity index (χ1n) is 7.56. The zero-order chi connectivity index (χ0) is 15.3. The molecular formula is C16H23F3N2. The highest BCUT2D eigenvalue weighted by Gasteiger charge is 2.32. The molecule has 0 aromatic heterocycles. The van der Waals surface area contributed by atoms with Gasteiger partial charge in [0, 0.05) is 31.7 Å². The molecule has 0 radical (unpaired) electrons. The van der Waals surface area contributed by atoms with Gasteiger partial charge >= 0.3 is 6.18 Å². The molecule has 21 heavy (non-hydrogen) atoms. The Bertz CT molecular complexity index is 419. The fraction of sp³-hybridized carbons (Fsp3) is 0.625. The van der Waals surface area contributed by atoms with Crippen LogP contribution in [0.5, 0.6) is 0 Å². The zero-order valence-electron chi connectivity index (χ0n) is 12.4. The van der Waals surface area contributed by atoms with Gasteiger partial charge in [-0.15, -0.1) is 0 Å². The summed E-state index contributed by atoms with van der Waals surface area (Å²) in [7, 11) is 0. The Hall–Kier alpha value is -1.07. The summed E-state index contributed by atoms with van der Waals surface area (Å²) >= 11 is 0. The molecule has 1 fully saturated rings. The highest BCUT2D eigenvalue weighted by atomic mass is 19.4. The molecule has 1 aromatic carbocycles. The molecule has 2 nitrogen and oxygen atoms in total. The van der Waals surface area contributed by atoms with Crippen molar-refractivity contribution >= 4 is 0 Å². The van der Waals surface area contributed by atoms with Gasteiger partial charge < -0.3 is 5.32 Å². The van der Waals surface area contributed by atoms with Gasteiger partial charge in [-0.1, -0.05) is 37.3 Å². The van der Waals surface area contributed by atoms with Crippen LogP contribution in [0.1, 0.15) is 25.3 Å². The third kappa shape index (κ3) is 5.32. The van der Waals surface area contributed by atoms with Gasteiger partial charge in [0.25, 0.3) is 0 Å². The molecule has 1 N–H and O–H groups in total. The summed E-state index contributed by atoms with van der Waals surface area (Å²) in [5.74, 6) is 0. The standard InChI is InChI=1S/C16H23F3N2/c1-2-15-11-20-14(10-13-6-4-3-5-7-13)12-21(15)9-8-16(17,18)19/h3-7,14-15,20H,2,8-12H2,1H3. The minimum Gasteiger partial charge on any atom is -0.311 e. The van der Waals surface area contributed by atoms with E-state index in [2.05, 4.69) is 17.4 Å². The maximum Gasteiger partial charge on any atom is 0.390 e. The predicted octanol–water partition coefficient (Wildman–Crippen LogP) is 3.23. The average molecular weight is 300 g/mol. The van der Waals surface area contributed by atoms with E-state index in [9.17, 15) is 13.2 Å². The van der Waals surface area contributed by atoms with Crippen LogP contribution in [0.25, 0.3) is 0 Å². The summed E-state index contributed by atoms with van der Waals surface area (Å²) in [4.78, 5) is 2.00. The van der Waals surface area contributed by atoms with Gasteiger partial charge in [0.2, 0.25) is 0 Å². The minimum absolute atomic E-state index is 0.106. The molecule has 0 spiro atoms. The van der Waals surface area contributed by atoms with Gasteiger partial charge in [0.05, 0.1) is 6.42 Å². The normalized spacial score (nSPS) is 24.2. The smallest absolute Gasteiger partial charge is 0.311 e. The molecule has 1 aliphatic rings. The van der Waals surface area contributed by atoms with E-state index in [-0.39, 0.29) is 18.6 Å². The monoisotopic (exact) mass is 300 g/mol. The molecule has 2 atom stereocenters. The van der Waals surface area contributed by atoms with Gasteiger partial charge in [-0.05, 0) is 18.4 Å². The van der Waals surface area contributed by atoms with Crippen LogP contribution in [-0.4, -0.2) is 42.8 Å². The van der Waals surface area contributed by atoms with E-state index in [1.165, 1.54) is 5.56 Å². The lowest BCUT2D eigenvalue weighted by atomic mass is 10.0. The number of halogens is 3. The first-order valence-corrected chi connectivity index (χ1v) is 7.56. The minimum atomic E-state index is -4.07. The molecule has 0 aliphatic carbocycles. The number of benzene rings is 1. The summed E-state index contributed by atoms with van der Waals surface area (Å²) in [6.45, 7) is 3.59. The summed E-state index contributed by atoms with van der Waals surface area (Å²) in [5, 5.41) is 3.47. The van der Waals surface area contributed by atoms with Crippen LogP contribution in [0.2, 0.25) is 0 Å². The van der Waals surface area contributed by atoms with Crippen LogP contribution >= 0.6 is 0 Å². The molecule has 1 aliphatic heterocycles. The number of piperazine rings is 1. The van der Waals surface area contributed by atoms with Crippen molar-refractivity contribution in [3.8, 4) is 0 Å². The van der Waals surface area contributed by atoms with Gasteiger partial charge in [-0.3, -0.25) is 4.90 Å². The predicted molar refractivity (Wildman–Crippen MR) is 78.3 cm³/mol. The molecular weight excluding hydrogens is 277 g/mol. The number of alkyl halides is 3. The first-order chi connectivity index (χ1) is 9.98. The Morgan fingerprint density at radius 1 is 1.24 bits per heavy atom. The van der Waals surface area contributed by atoms with Crippen LogP contribution < -0.4 is 5.32 Å². The van der Waals surface area contributed by atoms with E-state index in [1.54, 1.807) is 0 Å². The molecule has 1 heterocycles. The van der Waals surface area contributed by atoms with Crippen molar-refractivity contribution < 1.29 is 13.2 Å².